The lowest BCUT2D eigenvalue weighted by Crippen LogP contribution is -2.35. The van der Waals surface area contributed by atoms with Crippen LogP contribution in [-0.4, -0.2) is 63.1 Å². The van der Waals surface area contributed by atoms with Crippen molar-refractivity contribution in [2.75, 3.05) is 25.0 Å². The average molecular weight is 477 g/mol. The molecular weight excluding hydrogens is 448 g/mol. The molecule has 1 saturated heterocycles. The van der Waals surface area contributed by atoms with E-state index in [1.165, 1.54) is 6.20 Å². The van der Waals surface area contributed by atoms with Gasteiger partial charge in [-0.25, -0.2) is 4.52 Å². The highest BCUT2D eigenvalue weighted by Gasteiger charge is 2.47. The predicted octanol–water partition coefficient (Wildman–Crippen LogP) is 1.09. The summed E-state index contributed by atoms with van der Waals surface area (Å²) >= 11 is 0. The fourth-order valence-corrected chi connectivity index (χ4v) is 5.64. The second kappa shape index (κ2) is 8.70. The lowest BCUT2D eigenvalue weighted by Gasteiger charge is -2.25. The summed E-state index contributed by atoms with van der Waals surface area (Å²) in [6.45, 7) is 2.96. The minimum atomic E-state index is -0.568. The third-order valence-corrected chi connectivity index (χ3v) is 7.58. The molecule has 1 aromatic carbocycles. The van der Waals surface area contributed by atoms with Gasteiger partial charge in [0.2, 0.25) is 11.8 Å². The van der Waals surface area contributed by atoms with Gasteiger partial charge in [0.05, 0.1) is 23.0 Å². The summed E-state index contributed by atoms with van der Waals surface area (Å²) in [6, 6.07) is 9.00. The number of nitrogens with zero attached hydrogens (tertiary/aromatic N) is 3. The number of likely N-dealkylation sites (tertiary alicyclic amines) is 1. The first-order chi connectivity index (χ1) is 16.8. The minimum absolute atomic E-state index is 0.0916. The van der Waals surface area contributed by atoms with E-state index in [4.69, 9.17) is 11.5 Å². The highest BCUT2D eigenvalue weighted by molar-refractivity contribution is 6.02. The largest absolute Gasteiger partial charge is 0.387 e. The molecule has 0 bridgehead atoms. The van der Waals surface area contributed by atoms with Crippen molar-refractivity contribution in [1.29, 1.82) is 0 Å². The van der Waals surface area contributed by atoms with Crippen molar-refractivity contribution in [2.45, 2.75) is 19.4 Å². The zero-order chi connectivity index (χ0) is 24.9. The summed E-state index contributed by atoms with van der Waals surface area (Å²) in [4.78, 5) is 37.3. The molecule has 0 radical (unpaired) electrons. The first kappa shape index (κ1) is 22.9. The number of nitrogens with one attached hydrogen (secondary N) is 1. The number of nitrogens with two attached hydrogens (primary N) is 2. The van der Waals surface area contributed by atoms with Crippen molar-refractivity contribution in [1.82, 2.24) is 14.5 Å². The first-order valence-electron chi connectivity index (χ1n) is 11.6. The summed E-state index contributed by atoms with van der Waals surface area (Å²) in [5, 5.41) is 17.2. The highest BCUT2D eigenvalue weighted by atomic mass is 16.3. The number of aromatic nitrogens is 2. The summed E-state index contributed by atoms with van der Waals surface area (Å²) in [5.41, 5.74) is 14.9. The Kier molecular flexibility index (Phi) is 5.68. The van der Waals surface area contributed by atoms with Gasteiger partial charge in [0.15, 0.2) is 0 Å². The molecule has 5 rings (SSSR count). The van der Waals surface area contributed by atoms with E-state index in [1.807, 2.05) is 24.4 Å². The summed E-state index contributed by atoms with van der Waals surface area (Å²) in [5.74, 6) is -0.379. The fourth-order valence-electron chi connectivity index (χ4n) is 5.64. The normalized spacial score (nSPS) is 23.4. The molecule has 1 aliphatic heterocycles. The number of hydrogen-bond acceptors (Lipinski definition) is 6. The third kappa shape index (κ3) is 3.99. The fraction of sp³-hybridized carbons (Fsp3) is 0.360. The number of aliphatic hydroxyl groups excluding tert-OH is 1. The molecule has 1 saturated carbocycles. The summed E-state index contributed by atoms with van der Waals surface area (Å²) in [6.07, 6.45) is 4.17. The maximum Gasteiger partial charge on any atom is 0.252 e. The van der Waals surface area contributed by atoms with Crippen molar-refractivity contribution in [3.63, 3.8) is 0 Å². The highest BCUT2D eigenvalue weighted by Crippen LogP contribution is 2.44. The zero-order valence-electron chi connectivity index (χ0n) is 19.3. The van der Waals surface area contributed by atoms with Gasteiger partial charge in [-0.3, -0.25) is 14.4 Å². The quantitative estimate of drug-likeness (QED) is 0.417. The van der Waals surface area contributed by atoms with E-state index >= 15 is 0 Å². The molecule has 0 unspecified atom stereocenters. The van der Waals surface area contributed by atoms with E-state index < -0.39 is 18.4 Å². The molecule has 3 heterocycles. The molecule has 2 fully saturated rings. The number of hydrogen-bond donors (Lipinski definition) is 4. The molecule has 10 heteroatoms. The standard InChI is InChI=1S/C25H28N6O4/c1-13-19-11-30(22(33)12-32)9-17(19)6-20(13)29-23-18(25(27)35)8-28-31-10-16(7-21(23)31)14-2-4-15(5-3-14)24(26)34/h2-5,7-8,10,13,17,19-20,29,32H,6,9,11-12H2,1H3,(H2,26,34)(H2,27,35)/t13-,17-,19-,20-/m1/s1. The molecule has 2 aromatic heterocycles. The van der Waals surface area contributed by atoms with E-state index in [0.717, 1.165) is 23.1 Å². The van der Waals surface area contributed by atoms with Crippen molar-refractivity contribution < 1.29 is 19.5 Å². The monoisotopic (exact) mass is 476 g/mol. The van der Waals surface area contributed by atoms with E-state index in [1.54, 1.807) is 21.5 Å². The number of benzene rings is 1. The molecular formula is C25H28N6O4. The van der Waals surface area contributed by atoms with Gasteiger partial charge in [-0.1, -0.05) is 19.1 Å². The lowest BCUT2D eigenvalue weighted by molar-refractivity contribution is -0.133. The Morgan fingerprint density at radius 2 is 1.86 bits per heavy atom. The summed E-state index contributed by atoms with van der Waals surface area (Å²) < 4.78 is 1.70. The molecule has 3 aromatic rings. The molecule has 10 nitrogen and oxygen atoms in total. The Balaban J connectivity index is 1.45. The van der Waals surface area contributed by atoms with Crippen LogP contribution in [0.5, 0.6) is 0 Å². The van der Waals surface area contributed by atoms with Gasteiger partial charge in [0, 0.05) is 36.5 Å². The zero-order valence-corrected chi connectivity index (χ0v) is 19.3. The van der Waals surface area contributed by atoms with E-state index in [0.29, 0.717) is 41.7 Å². The predicted molar refractivity (Wildman–Crippen MR) is 130 cm³/mol. The number of fused-ring (bicyclic) bond motifs is 2. The van der Waals surface area contributed by atoms with Crippen LogP contribution in [0, 0.1) is 17.8 Å². The number of carbonyl (C=O) groups is 3. The Labute approximate surface area is 201 Å². The van der Waals surface area contributed by atoms with Crippen molar-refractivity contribution in [3.05, 3.63) is 53.9 Å². The van der Waals surface area contributed by atoms with Crippen LogP contribution in [0.2, 0.25) is 0 Å². The summed E-state index contributed by atoms with van der Waals surface area (Å²) in [7, 11) is 0. The Morgan fingerprint density at radius 1 is 1.11 bits per heavy atom. The average Bonchev–Trinajstić information content (AvgIpc) is 3.53. The number of anilines is 1. The molecule has 35 heavy (non-hydrogen) atoms. The van der Waals surface area contributed by atoms with E-state index in [-0.39, 0.29) is 17.9 Å². The van der Waals surface area contributed by atoms with Crippen LogP contribution in [0.1, 0.15) is 34.1 Å². The number of carbonyl (C=O) groups excluding carboxylic acids is 3. The number of primary amides is 2. The van der Waals surface area contributed by atoms with Crippen molar-refractivity contribution in [2.24, 2.45) is 29.2 Å². The van der Waals surface area contributed by atoms with Gasteiger partial charge in [-0.05, 0) is 47.9 Å². The molecule has 1 aliphatic carbocycles. The van der Waals surface area contributed by atoms with E-state index in [2.05, 4.69) is 17.3 Å². The van der Waals surface area contributed by atoms with Crippen LogP contribution in [0.4, 0.5) is 5.69 Å². The molecule has 182 valence electrons. The Bertz CT molecular complexity index is 1320. The Hall–Kier alpha value is -3.92. The van der Waals surface area contributed by atoms with Crippen LogP contribution in [0.3, 0.4) is 0 Å². The molecule has 6 N–H and O–H groups in total. The van der Waals surface area contributed by atoms with Crippen LogP contribution < -0.4 is 16.8 Å². The first-order valence-corrected chi connectivity index (χ1v) is 11.6. The smallest absolute Gasteiger partial charge is 0.252 e. The molecule has 2 aliphatic rings. The molecule has 0 spiro atoms. The number of rotatable bonds is 6. The van der Waals surface area contributed by atoms with Crippen LogP contribution in [0.15, 0.2) is 42.7 Å². The molecule has 3 amide bonds. The van der Waals surface area contributed by atoms with Crippen LogP contribution in [-0.2, 0) is 4.79 Å². The second-order valence-electron chi connectivity index (χ2n) is 9.52. The van der Waals surface area contributed by atoms with Crippen molar-refractivity contribution >= 4 is 28.9 Å². The topological polar surface area (TPSA) is 156 Å². The van der Waals surface area contributed by atoms with Gasteiger partial charge < -0.3 is 26.8 Å². The minimum Gasteiger partial charge on any atom is -0.387 e. The van der Waals surface area contributed by atoms with Crippen LogP contribution >= 0.6 is 0 Å². The van der Waals surface area contributed by atoms with Crippen molar-refractivity contribution in [3.8, 4) is 11.1 Å². The van der Waals surface area contributed by atoms with Crippen LogP contribution in [0.25, 0.3) is 16.6 Å². The molecule has 4 atom stereocenters. The maximum atomic E-state index is 12.3. The van der Waals surface area contributed by atoms with Gasteiger partial charge in [0.1, 0.15) is 6.61 Å². The second-order valence-corrected chi connectivity index (χ2v) is 9.52. The SMILES string of the molecule is C[C@@H]1[C@H]2CN(C(=O)CO)C[C@H]2C[C@H]1Nc1c(C(N)=O)cnn2cc(-c3ccc(C(N)=O)cc3)cc12. The van der Waals surface area contributed by atoms with E-state index in [9.17, 15) is 19.5 Å². The van der Waals surface area contributed by atoms with Gasteiger partial charge in [-0.15, -0.1) is 0 Å². The van der Waals surface area contributed by atoms with Gasteiger partial charge in [0.25, 0.3) is 5.91 Å². The Morgan fingerprint density at radius 3 is 2.49 bits per heavy atom. The third-order valence-electron chi connectivity index (χ3n) is 7.58. The number of amides is 3. The number of aliphatic hydroxyl groups is 1. The lowest BCUT2D eigenvalue weighted by atomic mass is 9.93. The van der Waals surface area contributed by atoms with Gasteiger partial charge in [-0.2, -0.15) is 5.10 Å². The maximum absolute atomic E-state index is 12.3. The van der Waals surface area contributed by atoms with Gasteiger partial charge >= 0.3 is 0 Å².